The molecule has 1 aromatic carbocycles. The van der Waals surface area contributed by atoms with Crippen molar-refractivity contribution < 1.29 is 4.74 Å². The molecule has 19 heavy (non-hydrogen) atoms. The van der Waals surface area contributed by atoms with E-state index in [1.807, 2.05) is 11.6 Å². The summed E-state index contributed by atoms with van der Waals surface area (Å²) in [6.45, 7) is 2.20. The molecule has 102 valence electrons. The normalized spacial score (nSPS) is 19.6. The number of thiazole rings is 1. The zero-order valence-electron chi connectivity index (χ0n) is 11.6. The van der Waals surface area contributed by atoms with Gasteiger partial charge >= 0.3 is 0 Å². The van der Waals surface area contributed by atoms with Crippen LogP contribution in [-0.4, -0.2) is 50.2 Å². The second-order valence-electron chi connectivity index (χ2n) is 5.17. The number of rotatable bonds is 3. The lowest BCUT2D eigenvalue weighted by atomic mass is 10.2. The molecule has 0 amide bonds. The molecule has 1 aliphatic heterocycles. The molecule has 1 aromatic heterocycles. The van der Waals surface area contributed by atoms with Crippen molar-refractivity contribution in [1.82, 2.24) is 9.88 Å². The molecule has 5 heteroatoms. The van der Waals surface area contributed by atoms with Crippen LogP contribution >= 0.6 is 11.3 Å². The van der Waals surface area contributed by atoms with Crippen molar-refractivity contribution in [3.8, 4) is 5.75 Å². The summed E-state index contributed by atoms with van der Waals surface area (Å²) in [4.78, 5) is 9.21. The van der Waals surface area contributed by atoms with Gasteiger partial charge < -0.3 is 14.5 Å². The van der Waals surface area contributed by atoms with Gasteiger partial charge in [-0.1, -0.05) is 0 Å². The summed E-state index contributed by atoms with van der Waals surface area (Å²) in [5.41, 5.74) is 4.18. The highest BCUT2D eigenvalue weighted by Crippen LogP contribution is 2.37. The van der Waals surface area contributed by atoms with Crippen LogP contribution in [-0.2, 0) is 0 Å². The van der Waals surface area contributed by atoms with E-state index < -0.39 is 0 Å². The lowest BCUT2D eigenvalue weighted by Gasteiger charge is -2.22. The molecule has 0 saturated carbocycles. The fourth-order valence-electron chi connectivity index (χ4n) is 2.71. The predicted molar refractivity (Wildman–Crippen MR) is 80.5 cm³/mol. The number of methoxy groups -OCH3 is 1. The summed E-state index contributed by atoms with van der Waals surface area (Å²) in [6.07, 6.45) is 1.22. The Balaban J connectivity index is 1.96. The number of aromatic nitrogens is 1. The molecule has 1 saturated heterocycles. The van der Waals surface area contributed by atoms with Crippen LogP contribution in [0.3, 0.4) is 0 Å². The maximum Gasteiger partial charge on any atom is 0.146 e. The number of benzene rings is 1. The molecule has 1 unspecified atom stereocenters. The number of fused-ring (bicyclic) bond motifs is 1. The van der Waals surface area contributed by atoms with E-state index in [4.69, 9.17) is 4.74 Å². The quantitative estimate of drug-likeness (QED) is 0.861. The van der Waals surface area contributed by atoms with Gasteiger partial charge in [-0.3, -0.25) is 0 Å². The molecular formula is C14H19N3OS. The molecule has 3 rings (SSSR count). The Kier molecular flexibility index (Phi) is 3.33. The first-order valence-electron chi connectivity index (χ1n) is 6.52. The van der Waals surface area contributed by atoms with Gasteiger partial charge in [-0.05, 0) is 32.6 Å². The first kappa shape index (κ1) is 12.7. The summed E-state index contributed by atoms with van der Waals surface area (Å²) < 4.78 is 6.62. The van der Waals surface area contributed by atoms with Crippen molar-refractivity contribution in [2.75, 3.05) is 39.2 Å². The number of hydrogen-bond donors (Lipinski definition) is 0. The Morgan fingerprint density at radius 1 is 1.42 bits per heavy atom. The highest BCUT2D eigenvalue weighted by atomic mass is 32.1. The van der Waals surface area contributed by atoms with Crippen LogP contribution < -0.4 is 9.64 Å². The molecule has 1 atom stereocenters. The standard InChI is InChI=1S/C14H19N3OS/c1-16(2)10-6-7-17(8-10)11-4-5-12(18-3)13-14(11)19-9-15-13/h4-5,9-10H,6-8H2,1-3H3. The van der Waals surface area contributed by atoms with Gasteiger partial charge in [-0.15, -0.1) is 11.3 Å². The van der Waals surface area contributed by atoms with Crippen LogP contribution in [0, 0.1) is 0 Å². The third kappa shape index (κ3) is 2.17. The number of nitrogens with zero attached hydrogens (tertiary/aromatic N) is 3. The average Bonchev–Trinajstić information content (AvgIpc) is 3.06. The molecule has 0 bridgehead atoms. The zero-order valence-corrected chi connectivity index (χ0v) is 12.4. The van der Waals surface area contributed by atoms with Gasteiger partial charge in [0, 0.05) is 19.1 Å². The van der Waals surface area contributed by atoms with Crippen molar-refractivity contribution in [2.24, 2.45) is 0 Å². The number of likely N-dealkylation sites (N-methyl/N-ethyl adjacent to an activating group) is 1. The summed E-state index contributed by atoms with van der Waals surface area (Å²) in [5, 5.41) is 0. The van der Waals surface area contributed by atoms with Gasteiger partial charge in [0.25, 0.3) is 0 Å². The second-order valence-corrected chi connectivity index (χ2v) is 6.02. The minimum absolute atomic E-state index is 0.644. The smallest absolute Gasteiger partial charge is 0.146 e. The molecule has 0 spiro atoms. The predicted octanol–water partition coefficient (Wildman–Crippen LogP) is 2.45. The van der Waals surface area contributed by atoms with E-state index in [9.17, 15) is 0 Å². The lowest BCUT2D eigenvalue weighted by Crippen LogP contribution is -2.31. The summed E-state index contributed by atoms with van der Waals surface area (Å²) in [6, 6.07) is 4.84. The molecule has 1 fully saturated rings. The maximum atomic E-state index is 5.38. The number of ether oxygens (including phenoxy) is 1. The van der Waals surface area contributed by atoms with Crippen LogP contribution in [0.2, 0.25) is 0 Å². The Morgan fingerprint density at radius 3 is 2.95 bits per heavy atom. The minimum atomic E-state index is 0.644. The summed E-state index contributed by atoms with van der Waals surface area (Å²) >= 11 is 1.69. The van der Waals surface area contributed by atoms with Crippen LogP contribution in [0.4, 0.5) is 5.69 Å². The van der Waals surface area contributed by atoms with Crippen LogP contribution in [0.5, 0.6) is 5.75 Å². The third-order valence-corrected chi connectivity index (χ3v) is 4.73. The van der Waals surface area contributed by atoms with Crippen LogP contribution in [0.1, 0.15) is 6.42 Å². The first-order chi connectivity index (χ1) is 9.20. The SMILES string of the molecule is COc1ccc(N2CCC(N(C)C)C2)c2scnc12. The van der Waals surface area contributed by atoms with Crippen molar-refractivity contribution in [3.05, 3.63) is 17.6 Å². The van der Waals surface area contributed by atoms with Gasteiger partial charge in [0.1, 0.15) is 11.3 Å². The Bertz CT molecular complexity index is 581. The third-order valence-electron chi connectivity index (χ3n) is 3.88. The van der Waals surface area contributed by atoms with E-state index in [0.29, 0.717) is 6.04 Å². The fraction of sp³-hybridized carbons (Fsp3) is 0.500. The molecule has 1 aliphatic rings. The topological polar surface area (TPSA) is 28.6 Å². The highest BCUT2D eigenvalue weighted by molar-refractivity contribution is 7.17. The average molecular weight is 277 g/mol. The fourth-order valence-corrected chi connectivity index (χ4v) is 3.55. The van der Waals surface area contributed by atoms with Crippen molar-refractivity contribution in [3.63, 3.8) is 0 Å². The molecule has 0 N–H and O–H groups in total. The van der Waals surface area contributed by atoms with Crippen molar-refractivity contribution >= 4 is 27.2 Å². The van der Waals surface area contributed by atoms with Gasteiger partial charge in [-0.25, -0.2) is 4.98 Å². The number of hydrogen-bond acceptors (Lipinski definition) is 5. The largest absolute Gasteiger partial charge is 0.494 e. The number of anilines is 1. The first-order valence-corrected chi connectivity index (χ1v) is 7.40. The van der Waals surface area contributed by atoms with Crippen LogP contribution in [0.15, 0.2) is 17.6 Å². The minimum Gasteiger partial charge on any atom is -0.494 e. The maximum absolute atomic E-state index is 5.38. The van der Waals surface area contributed by atoms with Crippen LogP contribution in [0.25, 0.3) is 10.2 Å². The van der Waals surface area contributed by atoms with E-state index in [0.717, 1.165) is 24.4 Å². The van der Waals surface area contributed by atoms with Crippen molar-refractivity contribution in [2.45, 2.75) is 12.5 Å². The molecule has 0 radical (unpaired) electrons. The molecule has 4 nitrogen and oxygen atoms in total. The summed E-state index contributed by atoms with van der Waals surface area (Å²) in [5.74, 6) is 0.864. The molecule has 2 heterocycles. The Morgan fingerprint density at radius 2 is 2.26 bits per heavy atom. The van der Waals surface area contributed by atoms with E-state index in [2.05, 4.69) is 34.9 Å². The molecule has 0 aliphatic carbocycles. The Labute approximate surface area is 117 Å². The highest BCUT2D eigenvalue weighted by Gasteiger charge is 2.26. The molecular weight excluding hydrogens is 258 g/mol. The van der Waals surface area contributed by atoms with Crippen molar-refractivity contribution in [1.29, 1.82) is 0 Å². The molecule has 2 aromatic rings. The van der Waals surface area contributed by atoms with Gasteiger partial charge in [0.05, 0.1) is 23.0 Å². The van der Waals surface area contributed by atoms with Gasteiger partial charge in [0.15, 0.2) is 0 Å². The van der Waals surface area contributed by atoms with E-state index in [1.54, 1.807) is 18.4 Å². The zero-order chi connectivity index (χ0) is 13.4. The second kappa shape index (κ2) is 4.98. The van der Waals surface area contributed by atoms with E-state index >= 15 is 0 Å². The van der Waals surface area contributed by atoms with E-state index in [-0.39, 0.29) is 0 Å². The Hall–Kier alpha value is -1.33. The monoisotopic (exact) mass is 277 g/mol. The van der Waals surface area contributed by atoms with Gasteiger partial charge in [0.2, 0.25) is 0 Å². The lowest BCUT2D eigenvalue weighted by molar-refractivity contribution is 0.315. The van der Waals surface area contributed by atoms with Gasteiger partial charge in [-0.2, -0.15) is 0 Å². The summed E-state index contributed by atoms with van der Waals surface area (Å²) in [7, 11) is 6.01. The van der Waals surface area contributed by atoms with E-state index in [1.165, 1.54) is 16.8 Å².